The van der Waals surface area contributed by atoms with E-state index in [1.807, 2.05) is 0 Å². The van der Waals surface area contributed by atoms with Crippen molar-refractivity contribution in [3.63, 3.8) is 0 Å². The van der Waals surface area contributed by atoms with Crippen LogP contribution in [0.25, 0.3) is 0 Å². The Balaban J connectivity index is 2.94. The van der Waals surface area contributed by atoms with Gasteiger partial charge in [0.25, 0.3) is 0 Å². The Morgan fingerprint density at radius 2 is 2.56 bits per heavy atom. The van der Waals surface area contributed by atoms with Crippen LogP contribution in [0.3, 0.4) is 0 Å². The molecule has 47 valence electrons. The summed E-state index contributed by atoms with van der Waals surface area (Å²) in [5.41, 5.74) is 0. The van der Waals surface area contributed by atoms with E-state index in [4.69, 9.17) is 4.74 Å². The maximum Gasteiger partial charge on any atom is 0.233 e. The second kappa shape index (κ2) is 2.77. The average molecular weight is 188 g/mol. The first-order valence-electron chi connectivity index (χ1n) is 2.27. The van der Waals surface area contributed by atoms with Crippen molar-refractivity contribution in [1.29, 1.82) is 0 Å². The molecule has 0 aliphatic heterocycles. The van der Waals surface area contributed by atoms with Gasteiger partial charge in [0.05, 0.1) is 13.3 Å². The molecule has 1 rings (SSSR count). The molecule has 1 aromatic rings. The van der Waals surface area contributed by atoms with Gasteiger partial charge >= 0.3 is 0 Å². The topological polar surface area (TPSA) is 35.0 Å². The van der Waals surface area contributed by atoms with Crippen LogP contribution >= 0.6 is 15.9 Å². The van der Waals surface area contributed by atoms with Crippen LogP contribution in [-0.4, -0.2) is 17.1 Å². The van der Waals surface area contributed by atoms with Gasteiger partial charge in [-0.2, -0.15) is 0 Å². The van der Waals surface area contributed by atoms with Crippen molar-refractivity contribution in [3.05, 3.63) is 17.0 Å². The molecular weight excluding hydrogens is 184 g/mol. The van der Waals surface area contributed by atoms with Crippen LogP contribution in [0.4, 0.5) is 0 Å². The highest BCUT2D eigenvalue weighted by molar-refractivity contribution is 9.10. The standard InChI is InChI=1S/C5H4BrN2O/c1-9-5-3-7-2-4(6)8-5/h3H,1H3. The molecule has 0 aliphatic carbocycles. The molecule has 0 unspecified atom stereocenters. The van der Waals surface area contributed by atoms with Gasteiger partial charge in [0.1, 0.15) is 10.8 Å². The van der Waals surface area contributed by atoms with Gasteiger partial charge in [-0.3, -0.25) is 0 Å². The van der Waals surface area contributed by atoms with Gasteiger partial charge in [-0.25, -0.2) is 9.97 Å². The van der Waals surface area contributed by atoms with Gasteiger partial charge in [-0.05, 0) is 15.9 Å². The summed E-state index contributed by atoms with van der Waals surface area (Å²) in [6.07, 6.45) is 4.07. The minimum Gasteiger partial charge on any atom is -0.480 e. The fourth-order valence-electron chi connectivity index (χ4n) is 0.390. The SMILES string of the molecule is COc1cn[c]c(Br)n1. The summed E-state index contributed by atoms with van der Waals surface area (Å²) in [4.78, 5) is 7.56. The van der Waals surface area contributed by atoms with Crippen LogP contribution in [0.1, 0.15) is 0 Å². The summed E-state index contributed by atoms with van der Waals surface area (Å²) in [7, 11) is 1.54. The molecular formula is C5H4BrN2O. The third-order valence-electron chi connectivity index (χ3n) is 0.749. The summed E-state index contributed by atoms with van der Waals surface area (Å²) in [5, 5.41) is 0. The summed E-state index contributed by atoms with van der Waals surface area (Å²) in [5.74, 6) is 0.487. The highest BCUT2D eigenvalue weighted by atomic mass is 79.9. The van der Waals surface area contributed by atoms with Crippen LogP contribution in [0.5, 0.6) is 5.88 Å². The first kappa shape index (κ1) is 6.48. The Morgan fingerprint density at radius 1 is 1.78 bits per heavy atom. The number of hydrogen-bond donors (Lipinski definition) is 0. The second-order valence-corrected chi connectivity index (χ2v) is 2.07. The lowest BCUT2D eigenvalue weighted by atomic mass is 10.7. The van der Waals surface area contributed by atoms with E-state index in [0.717, 1.165) is 0 Å². The van der Waals surface area contributed by atoms with Gasteiger partial charge in [0.2, 0.25) is 5.88 Å². The van der Waals surface area contributed by atoms with Crippen molar-refractivity contribution in [2.24, 2.45) is 0 Å². The molecule has 0 saturated heterocycles. The Hall–Kier alpha value is -0.640. The van der Waals surface area contributed by atoms with Gasteiger partial charge in [0.15, 0.2) is 0 Å². The summed E-state index contributed by atoms with van der Waals surface area (Å²) in [6.45, 7) is 0. The lowest BCUT2D eigenvalue weighted by Crippen LogP contribution is -1.88. The number of rotatable bonds is 1. The Bertz CT molecular complexity index is 204. The van der Waals surface area contributed by atoms with E-state index in [-0.39, 0.29) is 0 Å². The molecule has 1 radical (unpaired) electrons. The van der Waals surface area contributed by atoms with Crippen molar-refractivity contribution >= 4 is 15.9 Å². The predicted octanol–water partition coefficient (Wildman–Crippen LogP) is 1.05. The zero-order valence-corrected chi connectivity index (χ0v) is 6.34. The zero-order chi connectivity index (χ0) is 6.69. The quantitative estimate of drug-likeness (QED) is 0.660. The van der Waals surface area contributed by atoms with Crippen molar-refractivity contribution in [2.45, 2.75) is 0 Å². The molecule has 0 N–H and O–H groups in total. The van der Waals surface area contributed by atoms with E-state index in [1.54, 1.807) is 0 Å². The Labute approximate surface area is 61.2 Å². The molecule has 3 nitrogen and oxygen atoms in total. The monoisotopic (exact) mass is 187 g/mol. The van der Waals surface area contributed by atoms with Crippen LogP contribution in [0.2, 0.25) is 0 Å². The van der Waals surface area contributed by atoms with Gasteiger partial charge in [-0.15, -0.1) is 0 Å². The second-order valence-electron chi connectivity index (χ2n) is 1.31. The fourth-order valence-corrected chi connectivity index (χ4v) is 0.667. The summed E-state index contributed by atoms with van der Waals surface area (Å²) >= 11 is 3.09. The minimum atomic E-state index is 0.487. The molecule has 0 fully saturated rings. The predicted molar refractivity (Wildman–Crippen MR) is 35.1 cm³/mol. The molecule has 1 heterocycles. The van der Waals surface area contributed by atoms with Crippen molar-refractivity contribution in [2.75, 3.05) is 7.11 Å². The highest BCUT2D eigenvalue weighted by Gasteiger charge is 1.92. The van der Waals surface area contributed by atoms with E-state index in [1.165, 1.54) is 13.3 Å². The summed E-state index contributed by atoms with van der Waals surface area (Å²) < 4.78 is 5.33. The number of nitrogens with zero attached hydrogens (tertiary/aromatic N) is 2. The molecule has 0 bridgehead atoms. The molecule has 0 aromatic carbocycles. The van der Waals surface area contributed by atoms with E-state index in [9.17, 15) is 0 Å². The molecule has 0 atom stereocenters. The normalized spacial score (nSPS) is 9.11. The number of aromatic nitrogens is 2. The number of halogens is 1. The van der Waals surface area contributed by atoms with Crippen LogP contribution in [0.15, 0.2) is 10.8 Å². The fraction of sp³-hybridized carbons (Fsp3) is 0.200. The lowest BCUT2D eigenvalue weighted by molar-refractivity contribution is 0.394. The van der Waals surface area contributed by atoms with Gasteiger partial charge < -0.3 is 4.74 Å². The third kappa shape index (κ3) is 1.64. The molecule has 0 spiro atoms. The first-order chi connectivity index (χ1) is 4.33. The van der Waals surface area contributed by atoms with Crippen LogP contribution in [0, 0.1) is 6.20 Å². The smallest absolute Gasteiger partial charge is 0.233 e. The number of hydrogen-bond acceptors (Lipinski definition) is 3. The maximum absolute atomic E-state index is 4.77. The van der Waals surface area contributed by atoms with E-state index < -0.39 is 0 Å². The van der Waals surface area contributed by atoms with Crippen molar-refractivity contribution < 1.29 is 4.74 Å². The largest absolute Gasteiger partial charge is 0.480 e. The van der Waals surface area contributed by atoms with E-state index in [0.29, 0.717) is 10.5 Å². The number of methoxy groups -OCH3 is 1. The minimum absolute atomic E-state index is 0.487. The molecule has 9 heavy (non-hydrogen) atoms. The van der Waals surface area contributed by atoms with Crippen LogP contribution in [-0.2, 0) is 0 Å². The molecule has 0 amide bonds. The molecule has 4 heteroatoms. The Morgan fingerprint density at radius 3 is 3.00 bits per heavy atom. The Kier molecular flexibility index (Phi) is 2.00. The number of ether oxygens (including phenoxy) is 1. The van der Waals surface area contributed by atoms with E-state index >= 15 is 0 Å². The average Bonchev–Trinajstić information content (AvgIpc) is 1.88. The van der Waals surface area contributed by atoms with Gasteiger partial charge in [-0.1, -0.05) is 0 Å². The van der Waals surface area contributed by atoms with Gasteiger partial charge in [0, 0.05) is 0 Å². The molecule has 1 aromatic heterocycles. The molecule has 0 saturated carbocycles. The lowest BCUT2D eigenvalue weighted by Gasteiger charge is -1.94. The van der Waals surface area contributed by atoms with E-state index in [2.05, 4.69) is 32.1 Å². The molecule has 0 aliphatic rings. The summed E-state index contributed by atoms with van der Waals surface area (Å²) in [6, 6.07) is 0. The zero-order valence-electron chi connectivity index (χ0n) is 4.76. The highest BCUT2D eigenvalue weighted by Crippen LogP contribution is 2.07. The van der Waals surface area contributed by atoms with Crippen molar-refractivity contribution in [1.82, 2.24) is 9.97 Å². The maximum atomic E-state index is 4.77. The third-order valence-corrected chi connectivity index (χ3v) is 1.10. The first-order valence-corrected chi connectivity index (χ1v) is 3.06. The van der Waals surface area contributed by atoms with Crippen molar-refractivity contribution in [3.8, 4) is 5.88 Å². The van der Waals surface area contributed by atoms with Crippen LogP contribution < -0.4 is 4.74 Å².